The van der Waals surface area contributed by atoms with Crippen LogP contribution in [0.5, 0.6) is 0 Å². The van der Waals surface area contributed by atoms with Crippen LogP contribution in [0.25, 0.3) is 21.7 Å². The zero-order chi connectivity index (χ0) is 17.4. The summed E-state index contributed by atoms with van der Waals surface area (Å²) in [6.07, 6.45) is 0. The fourth-order valence-electron chi connectivity index (χ4n) is 2.89. The molecule has 0 saturated carbocycles. The minimum Gasteiger partial charge on any atom is -0.478 e. The van der Waals surface area contributed by atoms with Crippen molar-refractivity contribution < 1.29 is 9.90 Å². The Balaban J connectivity index is 1.96. The van der Waals surface area contributed by atoms with Gasteiger partial charge in [0.05, 0.1) is 11.1 Å². The van der Waals surface area contributed by atoms with Crippen molar-refractivity contribution in [1.29, 1.82) is 0 Å². The summed E-state index contributed by atoms with van der Waals surface area (Å²) >= 11 is 6.05. The number of fused-ring (bicyclic) bond motifs is 3. The molecule has 0 saturated heterocycles. The molecule has 4 aromatic rings. The predicted molar refractivity (Wildman–Crippen MR) is 101 cm³/mol. The van der Waals surface area contributed by atoms with Gasteiger partial charge in [0.25, 0.3) is 0 Å². The number of anilines is 2. The Morgan fingerprint density at radius 1 is 0.920 bits per heavy atom. The zero-order valence-electron chi connectivity index (χ0n) is 13.0. The lowest BCUT2D eigenvalue weighted by molar-refractivity contribution is 0.0697. The van der Waals surface area contributed by atoms with Crippen molar-refractivity contribution in [2.75, 3.05) is 5.32 Å². The highest BCUT2D eigenvalue weighted by molar-refractivity contribution is 6.30. The van der Waals surface area contributed by atoms with Crippen molar-refractivity contribution in [2.45, 2.75) is 0 Å². The van der Waals surface area contributed by atoms with Crippen LogP contribution in [0, 0.1) is 0 Å². The van der Waals surface area contributed by atoms with Gasteiger partial charge in [0.2, 0.25) is 0 Å². The van der Waals surface area contributed by atoms with E-state index in [1.54, 1.807) is 24.3 Å². The summed E-state index contributed by atoms with van der Waals surface area (Å²) in [4.78, 5) is 15.9. The van der Waals surface area contributed by atoms with Gasteiger partial charge in [-0.25, -0.2) is 9.78 Å². The first-order chi connectivity index (χ1) is 12.1. The van der Waals surface area contributed by atoms with Crippen LogP contribution in [0.2, 0.25) is 5.02 Å². The number of benzene rings is 3. The molecule has 5 heteroatoms. The maximum absolute atomic E-state index is 11.3. The second-order valence-corrected chi connectivity index (χ2v) is 6.11. The Kier molecular flexibility index (Phi) is 3.75. The van der Waals surface area contributed by atoms with Gasteiger partial charge in [-0.3, -0.25) is 0 Å². The van der Waals surface area contributed by atoms with Crippen LogP contribution in [-0.2, 0) is 0 Å². The smallest absolute Gasteiger partial charge is 0.335 e. The lowest BCUT2D eigenvalue weighted by atomic mass is 10.0. The molecule has 0 aliphatic carbocycles. The first kappa shape index (κ1) is 15.4. The molecular formula is C20H13ClN2O2. The SMILES string of the molecule is O=C(O)c1ccc2c(c1)nc(Nc1cccc(Cl)c1)c1ccccc12. The third kappa shape index (κ3) is 2.88. The van der Waals surface area contributed by atoms with E-state index in [4.69, 9.17) is 11.6 Å². The van der Waals surface area contributed by atoms with Crippen molar-refractivity contribution in [2.24, 2.45) is 0 Å². The molecule has 0 aliphatic heterocycles. The van der Waals surface area contributed by atoms with Gasteiger partial charge < -0.3 is 10.4 Å². The number of rotatable bonds is 3. The first-order valence-electron chi connectivity index (χ1n) is 7.70. The maximum atomic E-state index is 11.3. The van der Waals surface area contributed by atoms with E-state index in [1.165, 1.54) is 0 Å². The van der Waals surface area contributed by atoms with Crippen LogP contribution in [0.15, 0.2) is 66.7 Å². The lowest BCUT2D eigenvalue weighted by Gasteiger charge is -2.12. The average molecular weight is 349 g/mol. The van der Waals surface area contributed by atoms with E-state index in [9.17, 15) is 9.90 Å². The first-order valence-corrected chi connectivity index (χ1v) is 8.08. The van der Waals surface area contributed by atoms with Crippen LogP contribution < -0.4 is 5.32 Å². The van der Waals surface area contributed by atoms with Gasteiger partial charge in [-0.05, 0) is 35.7 Å². The Morgan fingerprint density at radius 2 is 1.72 bits per heavy atom. The number of aromatic carboxylic acids is 1. The van der Waals surface area contributed by atoms with Crippen molar-refractivity contribution >= 4 is 50.8 Å². The summed E-state index contributed by atoms with van der Waals surface area (Å²) < 4.78 is 0. The monoisotopic (exact) mass is 348 g/mol. The molecule has 0 atom stereocenters. The number of nitrogens with zero attached hydrogens (tertiary/aromatic N) is 1. The Hall–Kier alpha value is -3.11. The van der Waals surface area contributed by atoms with Gasteiger partial charge in [-0.15, -0.1) is 0 Å². The standard InChI is InChI=1S/C20H13ClN2O2/c21-13-4-3-5-14(11-13)22-19-17-7-2-1-6-15(17)16-9-8-12(20(24)25)10-18(16)23-19/h1-11H,(H,22,23)(H,24,25). The fraction of sp³-hybridized carbons (Fsp3) is 0. The Morgan fingerprint density at radius 3 is 2.48 bits per heavy atom. The van der Waals surface area contributed by atoms with Gasteiger partial charge in [0.1, 0.15) is 5.82 Å². The van der Waals surface area contributed by atoms with E-state index in [0.717, 1.165) is 21.8 Å². The van der Waals surface area contributed by atoms with Gasteiger partial charge in [-0.2, -0.15) is 0 Å². The second kappa shape index (κ2) is 6.07. The maximum Gasteiger partial charge on any atom is 0.335 e. The number of carboxylic acids is 1. The van der Waals surface area contributed by atoms with E-state index in [2.05, 4.69) is 10.3 Å². The number of nitrogens with one attached hydrogen (secondary N) is 1. The molecule has 2 N–H and O–H groups in total. The van der Waals surface area contributed by atoms with Crippen LogP contribution in [-0.4, -0.2) is 16.1 Å². The largest absolute Gasteiger partial charge is 0.478 e. The average Bonchev–Trinajstić information content (AvgIpc) is 2.61. The number of halogens is 1. The number of carboxylic acid groups (broad SMARTS) is 1. The molecule has 0 fully saturated rings. The minimum atomic E-state index is -0.971. The number of aromatic nitrogens is 1. The summed E-state index contributed by atoms with van der Waals surface area (Å²) in [7, 11) is 0. The van der Waals surface area contributed by atoms with Crippen LogP contribution in [0.1, 0.15) is 10.4 Å². The number of hydrogen-bond acceptors (Lipinski definition) is 3. The molecule has 122 valence electrons. The highest BCUT2D eigenvalue weighted by Crippen LogP contribution is 2.31. The van der Waals surface area contributed by atoms with Crippen molar-refractivity contribution in [3.8, 4) is 0 Å². The van der Waals surface area contributed by atoms with Gasteiger partial charge >= 0.3 is 5.97 Å². The van der Waals surface area contributed by atoms with Gasteiger partial charge in [-0.1, -0.05) is 48.0 Å². The van der Waals surface area contributed by atoms with Gasteiger partial charge in [0.15, 0.2) is 0 Å². The molecule has 1 aromatic heterocycles. The summed E-state index contributed by atoms with van der Waals surface area (Å²) in [5.41, 5.74) is 1.66. The molecule has 4 nitrogen and oxygen atoms in total. The van der Waals surface area contributed by atoms with Crippen molar-refractivity contribution in [3.05, 3.63) is 77.3 Å². The lowest BCUT2D eigenvalue weighted by Crippen LogP contribution is -1.99. The predicted octanol–water partition coefficient (Wildman–Crippen LogP) is 5.48. The molecule has 4 rings (SSSR count). The fourth-order valence-corrected chi connectivity index (χ4v) is 3.08. The van der Waals surface area contributed by atoms with Gasteiger partial charge in [0, 0.05) is 21.5 Å². The number of pyridine rings is 1. The molecule has 1 heterocycles. The highest BCUT2D eigenvalue weighted by Gasteiger charge is 2.11. The third-order valence-corrected chi connectivity index (χ3v) is 4.27. The number of carbonyl (C=O) groups is 1. The summed E-state index contributed by atoms with van der Waals surface area (Å²) in [5.74, 6) is -0.311. The minimum absolute atomic E-state index is 0.212. The van der Waals surface area contributed by atoms with E-state index in [1.807, 2.05) is 42.5 Å². The normalized spacial score (nSPS) is 10.9. The molecule has 0 aliphatic rings. The Labute approximate surface area is 148 Å². The highest BCUT2D eigenvalue weighted by atomic mass is 35.5. The van der Waals surface area contributed by atoms with E-state index >= 15 is 0 Å². The van der Waals surface area contributed by atoms with E-state index in [0.29, 0.717) is 16.4 Å². The summed E-state index contributed by atoms with van der Waals surface area (Å²) in [5, 5.41) is 16.0. The molecular weight excluding hydrogens is 336 g/mol. The molecule has 3 aromatic carbocycles. The van der Waals surface area contributed by atoms with Crippen molar-refractivity contribution in [3.63, 3.8) is 0 Å². The molecule has 0 radical (unpaired) electrons. The van der Waals surface area contributed by atoms with Crippen LogP contribution in [0.4, 0.5) is 11.5 Å². The molecule has 0 spiro atoms. The molecule has 25 heavy (non-hydrogen) atoms. The summed E-state index contributed by atoms with van der Waals surface area (Å²) in [6.45, 7) is 0. The third-order valence-electron chi connectivity index (χ3n) is 4.04. The Bertz CT molecular complexity index is 1130. The quantitative estimate of drug-likeness (QED) is 0.481. The molecule has 0 unspecified atom stereocenters. The van der Waals surface area contributed by atoms with Crippen LogP contribution in [0.3, 0.4) is 0 Å². The van der Waals surface area contributed by atoms with E-state index in [-0.39, 0.29) is 5.56 Å². The molecule has 0 bridgehead atoms. The van der Waals surface area contributed by atoms with Crippen molar-refractivity contribution in [1.82, 2.24) is 4.98 Å². The van der Waals surface area contributed by atoms with Crippen LogP contribution >= 0.6 is 11.6 Å². The summed E-state index contributed by atoms with van der Waals surface area (Å²) in [6, 6.07) is 20.3. The number of hydrogen-bond donors (Lipinski definition) is 2. The zero-order valence-corrected chi connectivity index (χ0v) is 13.8. The molecule has 0 amide bonds. The van der Waals surface area contributed by atoms with E-state index < -0.39 is 5.97 Å². The topological polar surface area (TPSA) is 62.2 Å². The second-order valence-electron chi connectivity index (χ2n) is 5.68.